The molecule has 0 aliphatic rings. The second-order valence-electron chi connectivity index (χ2n) is 4.06. The van der Waals surface area contributed by atoms with Gasteiger partial charge in [0.25, 0.3) is 0 Å². The molecule has 2 aromatic carbocycles. The van der Waals surface area contributed by atoms with Gasteiger partial charge in [-0.05, 0) is 29.8 Å². The summed E-state index contributed by atoms with van der Waals surface area (Å²) in [6.45, 7) is -0.0900. The highest BCUT2D eigenvalue weighted by atomic mass is 19.1. The first-order valence-electron chi connectivity index (χ1n) is 5.81. The molecule has 0 spiro atoms. The number of aliphatic hydroxyl groups excluding tert-OH is 1. The standard InChI is InChI=1S/C14H12F2N2O2/c15-10-3-6-13(12(16)7-10)18-14(20)17-11-4-1-9(8-19)2-5-11/h1-7,19H,8H2,(H2,17,18,20). The third kappa shape index (κ3) is 3.52. The van der Waals surface area contributed by atoms with Crippen molar-refractivity contribution < 1.29 is 18.7 Å². The predicted molar refractivity (Wildman–Crippen MR) is 71.4 cm³/mol. The minimum absolute atomic E-state index is 0.0900. The lowest BCUT2D eigenvalue weighted by atomic mass is 10.2. The fourth-order valence-corrected chi connectivity index (χ4v) is 1.57. The molecule has 0 aromatic heterocycles. The van der Waals surface area contributed by atoms with E-state index in [-0.39, 0.29) is 12.3 Å². The zero-order valence-corrected chi connectivity index (χ0v) is 10.4. The van der Waals surface area contributed by atoms with Crippen molar-refractivity contribution in [2.75, 3.05) is 10.6 Å². The van der Waals surface area contributed by atoms with Gasteiger partial charge in [0.15, 0.2) is 0 Å². The molecule has 0 radical (unpaired) electrons. The van der Waals surface area contributed by atoms with Gasteiger partial charge >= 0.3 is 6.03 Å². The van der Waals surface area contributed by atoms with Gasteiger partial charge in [0.2, 0.25) is 0 Å². The molecule has 0 atom stereocenters. The smallest absolute Gasteiger partial charge is 0.323 e. The number of hydrogen-bond acceptors (Lipinski definition) is 2. The minimum atomic E-state index is -0.851. The number of aliphatic hydroxyl groups is 1. The molecule has 4 nitrogen and oxygen atoms in total. The summed E-state index contributed by atoms with van der Waals surface area (Å²) in [6.07, 6.45) is 0. The molecule has 0 unspecified atom stereocenters. The van der Waals surface area contributed by atoms with Crippen molar-refractivity contribution >= 4 is 17.4 Å². The molecule has 104 valence electrons. The Balaban J connectivity index is 2.01. The maximum atomic E-state index is 13.3. The number of halogens is 2. The average molecular weight is 278 g/mol. The van der Waals surface area contributed by atoms with Gasteiger partial charge in [0.05, 0.1) is 12.3 Å². The number of carbonyl (C=O) groups is 1. The van der Waals surface area contributed by atoms with E-state index in [0.29, 0.717) is 17.3 Å². The molecule has 0 bridgehead atoms. The van der Waals surface area contributed by atoms with Gasteiger partial charge < -0.3 is 15.7 Å². The lowest BCUT2D eigenvalue weighted by Crippen LogP contribution is -2.20. The Hall–Kier alpha value is -2.47. The zero-order valence-electron chi connectivity index (χ0n) is 10.4. The summed E-state index contributed by atoms with van der Waals surface area (Å²) < 4.78 is 26.1. The van der Waals surface area contributed by atoms with Crippen LogP contribution in [0.2, 0.25) is 0 Å². The number of benzene rings is 2. The lowest BCUT2D eigenvalue weighted by Gasteiger charge is -2.08. The van der Waals surface area contributed by atoms with Crippen molar-refractivity contribution in [1.29, 1.82) is 0 Å². The van der Waals surface area contributed by atoms with E-state index in [1.807, 2.05) is 0 Å². The quantitative estimate of drug-likeness (QED) is 0.808. The van der Waals surface area contributed by atoms with Crippen LogP contribution in [0, 0.1) is 11.6 Å². The zero-order chi connectivity index (χ0) is 14.5. The highest BCUT2D eigenvalue weighted by Crippen LogP contribution is 2.16. The molecular formula is C14H12F2N2O2. The number of anilines is 2. The molecule has 0 saturated heterocycles. The van der Waals surface area contributed by atoms with E-state index in [4.69, 9.17) is 5.11 Å². The number of hydrogen-bond donors (Lipinski definition) is 3. The molecular weight excluding hydrogens is 266 g/mol. The van der Waals surface area contributed by atoms with Crippen LogP contribution in [0.15, 0.2) is 42.5 Å². The first-order valence-corrected chi connectivity index (χ1v) is 5.81. The third-order valence-electron chi connectivity index (χ3n) is 2.57. The number of amides is 2. The lowest BCUT2D eigenvalue weighted by molar-refractivity contribution is 0.262. The van der Waals surface area contributed by atoms with Crippen LogP contribution < -0.4 is 10.6 Å². The Kier molecular flexibility index (Phi) is 4.27. The number of urea groups is 1. The predicted octanol–water partition coefficient (Wildman–Crippen LogP) is 3.10. The Bertz CT molecular complexity index is 615. The van der Waals surface area contributed by atoms with Gasteiger partial charge in [-0.15, -0.1) is 0 Å². The molecule has 2 rings (SSSR count). The van der Waals surface area contributed by atoms with Crippen LogP contribution in [0.3, 0.4) is 0 Å². The minimum Gasteiger partial charge on any atom is -0.392 e. The van der Waals surface area contributed by atoms with Crippen LogP contribution in [-0.2, 0) is 6.61 Å². The summed E-state index contributed by atoms with van der Waals surface area (Å²) in [6, 6.07) is 8.73. The van der Waals surface area contributed by atoms with Crippen LogP contribution in [0.25, 0.3) is 0 Å². The largest absolute Gasteiger partial charge is 0.392 e. The van der Waals surface area contributed by atoms with Gasteiger partial charge in [-0.25, -0.2) is 13.6 Å². The van der Waals surface area contributed by atoms with E-state index in [1.54, 1.807) is 24.3 Å². The Morgan fingerprint density at radius 1 is 1.05 bits per heavy atom. The molecule has 20 heavy (non-hydrogen) atoms. The highest BCUT2D eigenvalue weighted by molar-refractivity contribution is 5.99. The summed E-state index contributed by atoms with van der Waals surface area (Å²) in [7, 11) is 0. The van der Waals surface area contributed by atoms with Crippen LogP contribution in [0.4, 0.5) is 25.0 Å². The van der Waals surface area contributed by atoms with Crippen molar-refractivity contribution in [3.8, 4) is 0 Å². The molecule has 0 heterocycles. The second kappa shape index (κ2) is 6.12. The number of nitrogens with one attached hydrogen (secondary N) is 2. The molecule has 6 heteroatoms. The summed E-state index contributed by atoms with van der Waals surface area (Å²) >= 11 is 0. The van der Waals surface area contributed by atoms with Crippen molar-refractivity contribution in [1.82, 2.24) is 0 Å². The van der Waals surface area contributed by atoms with E-state index in [1.165, 1.54) is 0 Å². The van der Waals surface area contributed by atoms with Gasteiger partial charge in [-0.2, -0.15) is 0 Å². The average Bonchev–Trinajstić information content (AvgIpc) is 2.43. The van der Waals surface area contributed by atoms with Gasteiger partial charge in [0, 0.05) is 11.8 Å². The molecule has 0 aliphatic heterocycles. The van der Waals surface area contributed by atoms with Crippen LogP contribution in [0.1, 0.15) is 5.56 Å². The maximum absolute atomic E-state index is 13.3. The third-order valence-corrected chi connectivity index (χ3v) is 2.57. The molecule has 0 fully saturated rings. The summed E-state index contributed by atoms with van der Waals surface area (Å²) in [5.74, 6) is -1.57. The van der Waals surface area contributed by atoms with Crippen molar-refractivity contribution in [2.45, 2.75) is 6.61 Å². The van der Waals surface area contributed by atoms with E-state index in [2.05, 4.69) is 10.6 Å². The second-order valence-corrected chi connectivity index (χ2v) is 4.06. The van der Waals surface area contributed by atoms with E-state index >= 15 is 0 Å². The van der Waals surface area contributed by atoms with Gasteiger partial charge in [0.1, 0.15) is 11.6 Å². The number of carbonyl (C=O) groups excluding carboxylic acids is 1. The molecule has 2 aromatic rings. The maximum Gasteiger partial charge on any atom is 0.323 e. The Labute approximate surface area is 114 Å². The molecule has 0 aliphatic carbocycles. The summed E-state index contributed by atoms with van der Waals surface area (Å²) in [5, 5.41) is 13.7. The normalized spacial score (nSPS) is 10.2. The molecule has 2 amide bonds. The Morgan fingerprint density at radius 2 is 1.75 bits per heavy atom. The van der Waals surface area contributed by atoms with Crippen molar-refractivity contribution in [3.05, 3.63) is 59.7 Å². The fraction of sp³-hybridized carbons (Fsp3) is 0.0714. The molecule has 0 saturated carbocycles. The fourth-order valence-electron chi connectivity index (χ4n) is 1.57. The van der Waals surface area contributed by atoms with E-state index < -0.39 is 17.7 Å². The Morgan fingerprint density at radius 3 is 2.35 bits per heavy atom. The van der Waals surface area contributed by atoms with Crippen molar-refractivity contribution in [2.24, 2.45) is 0 Å². The highest BCUT2D eigenvalue weighted by Gasteiger charge is 2.08. The van der Waals surface area contributed by atoms with E-state index in [0.717, 1.165) is 12.1 Å². The summed E-state index contributed by atoms with van der Waals surface area (Å²) in [4.78, 5) is 11.6. The SMILES string of the molecule is O=C(Nc1ccc(CO)cc1)Nc1ccc(F)cc1F. The van der Waals surface area contributed by atoms with Gasteiger partial charge in [-0.1, -0.05) is 12.1 Å². The van der Waals surface area contributed by atoms with E-state index in [9.17, 15) is 13.6 Å². The van der Waals surface area contributed by atoms with Crippen molar-refractivity contribution in [3.63, 3.8) is 0 Å². The number of rotatable bonds is 3. The summed E-state index contributed by atoms with van der Waals surface area (Å²) in [5.41, 5.74) is 1.08. The van der Waals surface area contributed by atoms with Crippen LogP contribution in [0.5, 0.6) is 0 Å². The topological polar surface area (TPSA) is 61.4 Å². The van der Waals surface area contributed by atoms with Gasteiger partial charge in [-0.3, -0.25) is 0 Å². The van der Waals surface area contributed by atoms with Crippen LogP contribution >= 0.6 is 0 Å². The first-order chi connectivity index (χ1) is 9.58. The first kappa shape index (κ1) is 14.0. The molecule has 3 N–H and O–H groups in total. The van der Waals surface area contributed by atoms with Crippen LogP contribution in [-0.4, -0.2) is 11.1 Å². The monoisotopic (exact) mass is 278 g/mol.